The molecular formula is C23H26N4O3S. The number of rotatable bonds is 4. The topological polar surface area (TPSA) is 84.4 Å². The molecule has 3 aromatic rings. The van der Waals surface area contributed by atoms with Gasteiger partial charge in [0.1, 0.15) is 11.0 Å². The van der Waals surface area contributed by atoms with E-state index in [-0.39, 0.29) is 17.9 Å². The molecule has 1 atom stereocenters. The predicted octanol–water partition coefficient (Wildman–Crippen LogP) is 3.66. The fraction of sp³-hybridized carbons (Fsp3) is 0.391. The van der Waals surface area contributed by atoms with E-state index >= 15 is 0 Å². The molecule has 0 radical (unpaired) electrons. The van der Waals surface area contributed by atoms with E-state index in [4.69, 9.17) is 9.72 Å². The molecule has 162 valence electrons. The molecule has 0 bridgehead atoms. The van der Waals surface area contributed by atoms with Gasteiger partial charge in [-0.1, -0.05) is 18.2 Å². The van der Waals surface area contributed by atoms with Crippen LogP contribution in [0.4, 0.5) is 0 Å². The molecule has 0 aliphatic carbocycles. The minimum Gasteiger partial charge on any atom is -0.368 e. The summed E-state index contributed by atoms with van der Waals surface area (Å²) in [7, 11) is 0. The van der Waals surface area contributed by atoms with Crippen LogP contribution in [0.2, 0.25) is 0 Å². The molecule has 1 fully saturated rings. The molecular weight excluding hydrogens is 412 g/mol. The number of ether oxygens (including phenoxy) is 1. The fourth-order valence-corrected chi connectivity index (χ4v) is 4.66. The summed E-state index contributed by atoms with van der Waals surface area (Å²) in [5, 5.41) is 4.63. The smallest absolute Gasteiger partial charge is 0.266 e. The second kappa shape index (κ2) is 8.72. The Labute approximate surface area is 185 Å². The molecule has 2 amide bonds. The lowest BCUT2D eigenvalue weighted by molar-refractivity contribution is -0.0244. The monoisotopic (exact) mass is 438 g/mol. The summed E-state index contributed by atoms with van der Waals surface area (Å²) in [4.78, 5) is 37.5. The van der Waals surface area contributed by atoms with Crippen molar-refractivity contribution in [2.45, 2.75) is 39.8 Å². The van der Waals surface area contributed by atoms with Gasteiger partial charge in [-0.15, -0.1) is 11.3 Å². The fourth-order valence-electron chi connectivity index (χ4n) is 3.77. The Morgan fingerprint density at radius 2 is 2.00 bits per heavy atom. The molecule has 0 unspecified atom stereocenters. The average Bonchev–Trinajstić information content (AvgIpc) is 3.09. The van der Waals surface area contributed by atoms with Gasteiger partial charge in [-0.2, -0.15) is 0 Å². The van der Waals surface area contributed by atoms with Gasteiger partial charge in [0.25, 0.3) is 11.8 Å². The van der Waals surface area contributed by atoms with Crippen LogP contribution in [0.5, 0.6) is 0 Å². The van der Waals surface area contributed by atoms with Crippen molar-refractivity contribution >= 4 is 34.1 Å². The van der Waals surface area contributed by atoms with Gasteiger partial charge in [0.2, 0.25) is 0 Å². The van der Waals surface area contributed by atoms with Crippen molar-refractivity contribution in [1.29, 1.82) is 0 Å². The Morgan fingerprint density at radius 3 is 2.71 bits per heavy atom. The molecule has 1 N–H and O–H groups in total. The predicted molar refractivity (Wildman–Crippen MR) is 121 cm³/mol. The molecule has 1 aliphatic rings. The van der Waals surface area contributed by atoms with Crippen molar-refractivity contribution in [3.05, 3.63) is 57.2 Å². The summed E-state index contributed by atoms with van der Waals surface area (Å²) in [6, 6.07) is 9.39. The number of benzene rings is 1. The van der Waals surface area contributed by atoms with Gasteiger partial charge in [0, 0.05) is 18.0 Å². The number of nitrogens with zero attached hydrogens (tertiary/aromatic N) is 3. The Morgan fingerprint density at radius 1 is 1.23 bits per heavy atom. The molecule has 4 rings (SSSR count). The van der Waals surface area contributed by atoms with Crippen LogP contribution in [0.1, 0.15) is 56.4 Å². The number of thiazole rings is 1. The van der Waals surface area contributed by atoms with Gasteiger partial charge >= 0.3 is 0 Å². The quantitative estimate of drug-likeness (QED) is 0.672. The number of hydrogen-bond acceptors (Lipinski definition) is 6. The summed E-state index contributed by atoms with van der Waals surface area (Å²) in [5.41, 5.74) is 2.71. The lowest BCUT2D eigenvalue weighted by Crippen LogP contribution is -2.42. The summed E-state index contributed by atoms with van der Waals surface area (Å²) < 4.78 is 5.98. The number of morpholine rings is 1. The van der Waals surface area contributed by atoms with E-state index in [1.54, 1.807) is 11.0 Å². The Kier molecular flexibility index (Phi) is 6.02. The summed E-state index contributed by atoms with van der Waals surface area (Å²) >= 11 is 1.42. The number of para-hydroxylation sites is 1. The van der Waals surface area contributed by atoms with Crippen LogP contribution in [0.25, 0.3) is 10.9 Å². The van der Waals surface area contributed by atoms with Crippen molar-refractivity contribution < 1.29 is 14.3 Å². The number of hydrogen-bond donors (Lipinski definition) is 1. The van der Waals surface area contributed by atoms with Crippen LogP contribution >= 0.6 is 11.3 Å². The Balaban J connectivity index is 1.65. The molecule has 1 aliphatic heterocycles. The maximum absolute atomic E-state index is 13.1. The summed E-state index contributed by atoms with van der Waals surface area (Å²) in [5.74, 6) is -0.177. The van der Waals surface area contributed by atoms with Gasteiger partial charge in [-0.05, 0) is 39.8 Å². The van der Waals surface area contributed by atoms with E-state index in [0.717, 1.165) is 21.6 Å². The highest BCUT2D eigenvalue weighted by Crippen LogP contribution is 2.28. The first-order chi connectivity index (χ1) is 14.8. The van der Waals surface area contributed by atoms with Gasteiger partial charge < -0.3 is 15.0 Å². The molecule has 0 saturated carbocycles. The highest BCUT2D eigenvalue weighted by Gasteiger charge is 2.30. The number of nitrogens with one attached hydrogen (secondary N) is 1. The number of pyridine rings is 1. The molecule has 2 aromatic heterocycles. The maximum atomic E-state index is 13.1. The average molecular weight is 439 g/mol. The van der Waals surface area contributed by atoms with E-state index in [2.05, 4.69) is 10.3 Å². The molecule has 1 saturated heterocycles. The van der Waals surface area contributed by atoms with Crippen LogP contribution in [0.15, 0.2) is 30.3 Å². The van der Waals surface area contributed by atoms with Gasteiger partial charge in [0.15, 0.2) is 0 Å². The summed E-state index contributed by atoms with van der Waals surface area (Å²) in [6.07, 6.45) is -0.401. The largest absolute Gasteiger partial charge is 0.368 e. The number of carbonyl (C=O) groups is 2. The zero-order chi connectivity index (χ0) is 22.1. The van der Waals surface area contributed by atoms with Crippen molar-refractivity contribution in [2.24, 2.45) is 0 Å². The van der Waals surface area contributed by atoms with Crippen LogP contribution < -0.4 is 5.32 Å². The van der Waals surface area contributed by atoms with Crippen molar-refractivity contribution in [3.63, 3.8) is 0 Å². The number of fused-ring (bicyclic) bond motifs is 1. The highest BCUT2D eigenvalue weighted by molar-refractivity contribution is 7.13. The molecule has 31 heavy (non-hydrogen) atoms. The van der Waals surface area contributed by atoms with E-state index in [1.165, 1.54) is 11.3 Å². The second-order valence-electron chi connectivity index (χ2n) is 8.00. The van der Waals surface area contributed by atoms with Crippen molar-refractivity contribution in [2.75, 3.05) is 19.7 Å². The van der Waals surface area contributed by atoms with E-state index < -0.39 is 6.10 Å². The van der Waals surface area contributed by atoms with Gasteiger partial charge in [-0.3, -0.25) is 9.59 Å². The third-order valence-electron chi connectivity index (χ3n) is 5.18. The SMILES string of the molecule is Cc1nc(C)c(C(=O)N2CCO[C@@H](c3cc(C(=O)NC(C)C)c4ccccc4n3)C2)s1. The van der Waals surface area contributed by atoms with Crippen LogP contribution in [0, 0.1) is 13.8 Å². The van der Waals surface area contributed by atoms with Crippen LogP contribution in [-0.4, -0.2) is 52.4 Å². The normalized spacial score (nSPS) is 16.7. The molecule has 7 nitrogen and oxygen atoms in total. The summed E-state index contributed by atoms with van der Waals surface area (Å²) in [6.45, 7) is 8.93. The molecule has 0 spiro atoms. The minimum absolute atomic E-state index is 0.0213. The first-order valence-electron chi connectivity index (χ1n) is 10.4. The number of aryl methyl sites for hydroxylation is 2. The highest BCUT2D eigenvalue weighted by atomic mass is 32.1. The number of amides is 2. The third-order valence-corrected chi connectivity index (χ3v) is 6.24. The lowest BCUT2D eigenvalue weighted by atomic mass is 10.0. The minimum atomic E-state index is -0.401. The zero-order valence-corrected chi connectivity index (χ0v) is 19.0. The molecule has 3 heterocycles. The first-order valence-corrected chi connectivity index (χ1v) is 11.2. The zero-order valence-electron chi connectivity index (χ0n) is 18.1. The van der Waals surface area contributed by atoms with Gasteiger partial charge in [-0.25, -0.2) is 9.97 Å². The number of aromatic nitrogens is 2. The van der Waals surface area contributed by atoms with E-state index in [9.17, 15) is 9.59 Å². The molecule has 1 aromatic carbocycles. The van der Waals surface area contributed by atoms with Crippen LogP contribution in [0.3, 0.4) is 0 Å². The van der Waals surface area contributed by atoms with E-state index in [1.807, 2.05) is 52.0 Å². The first kappa shape index (κ1) is 21.4. The third kappa shape index (κ3) is 4.45. The Hall–Kier alpha value is -2.84. The van der Waals surface area contributed by atoms with Crippen molar-refractivity contribution in [3.8, 4) is 0 Å². The van der Waals surface area contributed by atoms with E-state index in [0.29, 0.717) is 35.8 Å². The van der Waals surface area contributed by atoms with Crippen molar-refractivity contribution in [1.82, 2.24) is 20.2 Å². The lowest BCUT2D eigenvalue weighted by Gasteiger charge is -2.32. The standard InChI is InChI=1S/C23H26N4O3S/c1-13(2)24-22(28)17-11-19(26-18-8-6-5-7-16(17)18)20-12-27(9-10-30-20)23(29)21-14(3)25-15(4)31-21/h5-8,11,13,20H,9-10,12H2,1-4H3,(H,24,28)/t20-/m1/s1. The molecule has 8 heteroatoms. The van der Waals surface area contributed by atoms with Crippen LogP contribution in [-0.2, 0) is 4.74 Å². The second-order valence-corrected chi connectivity index (χ2v) is 9.20. The number of carbonyl (C=O) groups excluding carboxylic acids is 2. The Bertz CT molecular complexity index is 1140. The maximum Gasteiger partial charge on any atom is 0.266 e. The van der Waals surface area contributed by atoms with Gasteiger partial charge in [0.05, 0.1) is 40.6 Å².